The first-order valence-electron chi connectivity index (χ1n) is 4.41. The molecule has 15 heavy (non-hydrogen) atoms. The monoisotopic (exact) mass is 220 g/mol. The number of aliphatic hydroxyl groups excluding tert-OH is 1. The second-order valence-electron chi connectivity index (χ2n) is 3.34. The Bertz CT molecular complexity index is 241. The zero-order valence-electron chi connectivity index (χ0n) is 8.62. The lowest BCUT2D eigenvalue weighted by atomic mass is 10.1. The molecule has 0 spiro atoms. The Morgan fingerprint density at radius 1 is 1.33 bits per heavy atom. The molecule has 0 aromatic rings. The average Bonchev–Trinajstić information content (AvgIpc) is 2.00. The maximum Gasteiger partial charge on any atom is 0.322 e. The molecule has 0 aliphatic heterocycles. The van der Waals surface area contributed by atoms with Gasteiger partial charge in [0, 0.05) is 6.04 Å². The van der Waals surface area contributed by atoms with E-state index in [1.807, 2.05) is 0 Å². The van der Waals surface area contributed by atoms with E-state index in [0.717, 1.165) is 4.90 Å². The summed E-state index contributed by atoms with van der Waals surface area (Å²) in [5, 5.41) is 26.7. The molecule has 7 nitrogen and oxygen atoms in total. The highest BCUT2D eigenvalue weighted by molar-refractivity contribution is 5.76. The molecule has 0 heterocycles. The Morgan fingerprint density at radius 3 is 2.00 bits per heavy atom. The number of nitrogens with two attached hydrogens (primary N) is 1. The third-order valence-corrected chi connectivity index (χ3v) is 1.91. The van der Waals surface area contributed by atoms with Crippen LogP contribution in [0.2, 0.25) is 0 Å². The summed E-state index contributed by atoms with van der Waals surface area (Å²) in [5.74, 6) is -2.48. The molecule has 0 fully saturated rings. The van der Waals surface area contributed by atoms with Gasteiger partial charge in [-0.15, -0.1) is 0 Å². The van der Waals surface area contributed by atoms with Gasteiger partial charge in [0.2, 0.25) is 0 Å². The lowest BCUT2D eigenvalue weighted by Gasteiger charge is -2.31. The summed E-state index contributed by atoms with van der Waals surface area (Å²) in [6.45, 7) is 2.16. The van der Waals surface area contributed by atoms with Crippen LogP contribution in [0.25, 0.3) is 0 Å². The molecule has 7 heteroatoms. The smallest absolute Gasteiger partial charge is 0.322 e. The van der Waals surface area contributed by atoms with Crippen molar-refractivity contribution in [3.8, 4) is 0 Å². The fourth-order valence-corrected chi connectivity index (χ4v) is 1.29. The van der Waals surface area contributed by atoms with Crippen molar-refractivity contribution in [1.29, 1.82) is 0 Å². The van der Waals surface area contributed by atoms with Crippen LogP contribution < -0.4 is 5.73 Å². The van der Waals surface area contributed by atoms with Crippen LogP contribution in [-0.4, -0.2) is 57.0 Å². The molecule has 0 saturated heterocycles. The van der Waals surface area contributed by atoms with Gasteiger partial charge < -0.3 is 21.1 Å². The highest BCUT2D eigenvalue weighted by Crippen LogP contribution is 2.07. The van der Waals surface area contributed by atoms with Gasteiger partial charge in [-0.05, 0) is 13.8 Å². The van der Waals surface area contributed by atoms with Crippen molar-refractivity contribution < 1.29 is 24.9 Å². The van der Waals surface area contributed by atoms with Crippen LogP contribution in [0.4, 0.5) is 0 Å². The summed E-state index contributed by atoms with van der Waals surface area (Å²) in [6.07, 6.45) is -1.19. The number of carboxylic acids is 2. The van der Waals surface area contributed by atoms with Crippen molar-refractivity contribution in [1.82, 2.24) is 4.90 Å². The molecular weight excluding hydrogens is 204 g/mol. The molecule has 0 aliphatic carbocycles. The fourth-order valence-electron chi connectivity index (χ4n) is 1.29. The van der Waals surface area contributed by atoms with E-state index in [2.05, 4.69) is 0 Å². The van der Waals surface area contributed by atoms with Gasteiger partial charge in [0.05, 0.1) is 6.54 Å². The average molecular weight is 220 g/mol. The summed E-state index contributed by atoms with van der Waals surface area (Å²) in [5.41, 5.74) is 5.43. The van der Waals surface area contributed by atoms with Crippen LogP contribution in [0.5, 0.6) is 0 Å². The Balaban J connectivity index is 4.84. The molecule has 0 bridgehead atoms. The van der Waals surface area contributed by atoms with Gasteiger partial charge in [-0.25, -0.2) is 0 Å². The molecule has 3 atom stereocenters. The molecule has 0 rings (SSSR count). The van der Waals surface area contributed by atoms with E-state index in [-0.39, 0.29) is 0 Å². The highest BCUT2D eigenvalue weighted by atomic mass is 16.4. The van der Waals surface area contributed by atoms with Crippen molar-refractivity contribution in [3.05, 3.63) is 0 Å². The standard InChI is InChI=1S/C8H16N2O5/c1-4(9)7(8(14)15)10(5(2)11)3-6(12)13/h4-5,7,11H,3,9H2,1-2H3,(H,12,13)(H,14,15). The van der Waals surface area contributed by atoms with E-state index in [1.54, 1.807) is 0 Å². The molecule has 3 unspecified atom stereocenters. The summed E-state index contributed by atoms with van der Waals surface area (Å²) in [4.78, 5) is 22.2. The minimum Gasteiger partial charge on any atom is -0.480 e. The van der Waals surface area contributed by atoms with Crippen molar-refractivity contribution >= 4 is 11.9 Å². The SMILES string of the molecule is CC(N)C(C(=O)O)N(CC(=O)O)C(C)O. The van der Waals surface area contributed by atoms with Crippen LogP contribution >= 0.6 is 0 Å². The van der Waals surface area contributed by atoms with Gasteiger partial charge >= 0.3 is 11.9 Å². The van der Waals surface area contributed by atoms with Crippen LogP contribution in [0.3, 0.4) is 0 Å². The van der Waals surface area contributed by atoms with E-state index < -0.39 is 36.8 Å². The summed E-state index contributed by atoms with van der Waals surface area (Å²) in [6, 6.07) is -2.00. The minimum atomic E-state index is -1.26. The third kappa shape index (κ3) is 4.24. The Morgan fingerprint density at radius 2 is 1.80 bits per heavy atom. The van der Waals surface area contributed by atoms with Gasteiger partial charge in [-0.2, -0.15) is 0 Å². The van der Waals surface area contributed by atoms with Crippen molar-refractivity contribution in [2.75, 3.05) is 6.54 Å². The number of rotatable bonds is 6. The number of aliphatic carboxylic acids is 2. The number of hydrogen-bond acceptors (Lipinski definition) is 5. The third-order valence-electron chi connectivity index (χ3n) is 1.91. The lowest BCUT2D eigenvalue weighted by Crippen LogP contribution is -2.56. The topological polar surface area (TPSA) is 124 Å². The predicted octanol–water partition coefficient (Wildman–Crippen LogP) is -1.49. The normalized spacial score (nSPS) is 17.1. The second kappa shape index (κ2) is 5.64. The molecule has 5 N–H and O–H groups in total. The van der Waals surface area contributed by atoms with Gasteiger partial charge in [0.15, 0.2) is 0 Å². The Kier molecular flexibility index (Phi) is 5.20. The maximum absolute atomic E-state index is 10.8. The molecule has 0 saturated carbocycles. The second-order valence-corrected chi connectivity index (χ2v) is 3.34. The molecule has 0 amide bonds. The van der Waals surface area contributed by atoms with Crippen molar-refractivity contribution in [3.63, 3.8) is 0 Å². The number of carboxylic acid groups (broad SMARTS) is 2. The molecule has 0 radical (unpaired) electrons. The first kappa shape index (κ1) is 13.8. The zero-order valence-corrected chi connectivity index (χ0v) is 8.62. The molecule has 0 aromatic carbocycles. The van der Waals surface area contributed by atoms with Crippen LogP contribution in [0.1, 0.15) is 13.8 Å². The summed E-state index contributed by atoms with van der Waals surface area (Å²) in [7, 11) is 0. The Hall–Kier alpha value is -1.18. The molecule has 0 aliphatic rings. The van der Waals surface area contributed by atoms with Gasteiger partial charge in [-0.1, -0.05) is 0 Å². The number of carbonyl (C=O) groups is 2. The largest absolute Gasteiger partial charge is 0.480 e. The quantitative estimate of drug-likeness (QED) is 0.402. The van der Waals surface area contributed by atoms with Gasteiger partial charge in [0.1, 0.15) is 12.3 Å². The first-order chi connectivity index (χ1) is 6.77. The highest BCUT2D eigenvalue weighted by Gasteiger charge is 2.32. The van der Waals surface area contributed by atoms with Crippen LogP contribution in [0, 0.1) is 0 Å². The van der Waals surface area contributed by atoms with Crippen molar-refractivity contribution in [2.45, 2.75) is 32.2 Å². The van der Waals surface area contributed by atoms with E-state index in [1.165, 1.54) is 13.8 Å². The van der Waals surface area contributed by atoms with Crippen LogP contribution in [-0.2, 0) is 9.59 Å². The van der Waals surface area contributed by atoms with Gasteiger partial charge in [0.25, 0.3) is 0 Å². The van der Waals surface area contributed by atoms with E-state index in [4.69, 9.17) is 15.9 Å². The lowest BCUT2D eigenvalue weighted by molar-refractivity contribution is -0.153. The first-order valence-corrected chi connectivity index (χ1v) is 4.41. The van der Waals surface area contributed by atoms with Crippen LogP contribution in [0.15, 0.2) is 0 Å². The van der Waals surface area contributed by atoms with Crippen molar-refractivity contribution in [2.24, 2.45) is 5.73 Å². The number of aliphatic hydroxyl groups is 1. The van der Waals surface area contributed by atoms with E-state index >= 15 is 0 Å². The van der Waals surface area contributed by atoms with Gasteiger partial charge in [-0.3, -0.25) is 14.5 Å². The fraction of sp³-hybridized carbons (Fsp3) is 0.750. The number of hydrogen-bond donors (Lipinski definition) is 4. The summed E-state index contributed by atoms with van der Waals surface area (Å²) < 4.78 is 0. The summed E-state index contributed by atoms with van der Waals surface area (Å²) >= 11 is 0. The Labute approximate surface area is 87.1 Å². The molecule has 88 valence electrons. The minimum absolute atomic E-state index is 0.573. The number of nitrogens with zero attached hydrogens (tertiary/aromatic N) is 1. The van der Waals surface area contributed by atoms with E-state index in [9.17, 15) is 14.7 Å². The molecular formula is C8H16N2O5. The maximum atomic E-state index is 10.8. The zero-order chi connectivity index (χ0) is 12.2. The predicted molar refractivity (Wildman–Crippen MR) is 51.1 cm³/mol. The van der Waals surface area contributed by atoms with E-state index in [0.29, 0.717) is 0 Å². The molecule has 0 aromatic heterocycles.